The summed E-state index contributed by atoms with van der Waals surface area (Å²) < 4.78 is 2.04. The average molecular weight is 220 g/mol. The Morgan fingerprint density at radius 1 is 1.19 bits per heavy atom. The van der Waals surface area contributed by atoms with Crippen molar-refractivity contribution < 1.29 is 4.79 Å². The van der Waals surface area contributed by atoms with Gasteiger partial charge in [0.15, 0.2) is 5.78 Å². The number of ketones is 1. The van der Waals surface area contributed by atoms with Gasteiger partial charge in [-0.15, -0.1) is 0 Å². The van der Waals surface area contributed by atoms with E-state index in [1.54, 1.807) is 0 Å². The summed E-state index contributed by atoms with van der Waals surface area (Å²) in [6.07, 6.45) is 2.61. The van der Waals surface area contributed by atoms with Crippen LogP contribution in [0.1, 0.15) is 74.2 Å². The monoisotopic (exact) mass is 220 g/mol. The maximum atomic E-state index is 12.0. The molecule has 16 heavy (non-hydrogen) atoms. The van der Waals surface area contributed by atoms with Crippen molar-refractivity contribution in [2.45, 2.75) is 58.9 Å². The molecule has 0 bridgehead atoms. The first kappa shape index (κ1) is 11.4. The van der Waals surface area contributed by atoms with Crippen molar-refractivity contribution in [2.75, 3.05) is 0 Å². The van der Waals surface area contributed by atoms with E-state index in [-0.39, 0.29) is 5.78 Å². The Morgan fingerprint density at radius 2 is 1.88 bits per heavy atom. The lowest BCUT2D eigenvalue weighted by atomic mass is 9.91. The second-order valence-electron chi connectivity index (χ2n) is 5.18. The molecular weight excluding hydrogens is 200 g/mol. The fraction of sp³-hybridized carbons (Fsp3) is 0.692. The van der Waals surface area contributed by atoms with Crippen molar-refractivity contribution in [3.05, 3.63) is 17.0 Å². The summed E-state index contributed by atoms with van der Waals surface area (Å²) in [4.78, 5) is 12.0. The molecule has 1 aromatic rings. The third-order valence-electron chi connectivity index (χ3n) is 3.15. The van der Waals surface area contributed by atoms with Gasteiger partial charge in [0.1, 0.15) is 0 Å². The van der Waals surface area contributed by atoms with E-state index in [1.165, 1.54) is 0 Å². The van der Waals surface area contributed by atoms with Gasteiger partial charge in [0, 0.05) is 12.5 Å². The maximum absolute atomic E-state index is 12.0. The van der Waals surface area contributed by atoms with Crippen molar-refractivity contribution in [3.8, 4) is 0 Å². The highest BCUT2D eigenvalue weighted by molar-refractivity contribution is 5.99. The molecule has 0 fully saturated rings. The Bertz CT molecular complexity index is 416. The van der Waals surface area contributed by atoms with Gasteiger partial charge in [-0.05, 0) is 32.6 Å². The van der Waals surface area contributed by atoms with Crippen molar-refractivity contribution in [1.29, 1.82) is 0 Å². The van der Waals surface area contributed by atoms with E-state index in [4.69, 9.17) is 0 Å². The van der Waals surface area contributed by atoms with Gasteiger partial charge in [-0.3, -0.25) is 9.48 Å². The number of hydrogen-bond donors (Lipinski definition) is 0. The number of rotatable bonds is 2. The Labute approximate surface area is 96.8 Å². The Kier molecular flexibility index (Phi) is 2.87. The average Bonchev–Trinajstić information content (AvgIpc) is 2.58. The lowest BCUT2D eigenvalue weighted by Crippen LogP contribution is -2.13. The molecule has 0 saturated carbocycles. The minimum Gasteiger partial charge on any atom is -0.294 e. The first-order valence-electron chi connectivity index (χ1n) is 6.16. The molecule has 0 aromatic carbocycles. The minimum absolute atomic E-state index is 0.289. The molecule has 1 aliphatic carbocycles. The van der Waals surface area contributed by atoms with E-state index >= 15 is 0 Å². The molecule has 0 saturated heterocycles. The number of aromatic nitrogens is 2. The van der Waals surface area contributed by atoms with Gasteiger partial charge < -0.3 is 0 Å². The Hall–Kier alpha value is -1.12. The predicted molar refractivity (Wildman–Crippen MR) is 64.0 cm³/mol. The molecule has 0 unspecified atom stereocenters. The van der Waals surface area contributed by atoms with Crippen LogP contribution in [0.4, 0.5) is 0 Å². The lowest BCUT2D eigenvalue weighted by Gasteiger charge is -2.15. The molecule has 0 atom stereocenters. The van der Waals surface area contributed by atoms with Crippen LogP contribution >= 0.6 is 0 Å². The molecule has 3 heteroatoms. The lowest BCUT2D eigenvalue weighted by molar-refractivity contribution is 0.0971. The van der Waals surface area contributed by atoms with Crippen LogP contribution in [0.3, 0.4) is 0 Å². The van der Waals surface area contributed by atoms with Crippen LogP contribution in [-0.2, 0) is 6.42 Å². The van der Waals surface area contributed by atoms with Crippen molar-refractivity contribution in [1.82, 2.24) is 9.78 Å². The van der Waals surface area contributed by atoms with Crippen molar-refractivity contribution in [3.63, 3.8) is 0 Å². The van der Waals surface area contributed by atoms with Crippen LogP contribution in [0.25, 0.3) is 0 Å². The summed E-state index contributed by atoms with van der Waals surface area (Å²) in [5, 5.41) is 4.62. The number of fused-ring (bicyclic) bond motifs is 1. The molecule has 0 amide bonds. The maximum Gasteiger partial charge on any atom is 0.166 e. The Balaban J connectivity index is 2.61. The first-order chi connectivity index (χ1) is 7.52. The fourth-order valence-electron chi connectivity index (χ4n) is 2.46. The number of carbonyl (C=O) groups excluding carboxylic acids is 1. The topological polar surface area (TPSA) is 34.9 Å². The van der Waals surface area contributed by atoms with Gasteiger partial charge in [0.05, 0.1) is 17.0 Å². The van der Waals surface area contributed by atoms with Crippen molar-refractivity contribution >= 4 is 5.78 Å². The minimum atomic E-state index is 0.289. The van der Waals surface area contributed by atoms with Gasteiger partial charge in [0.25, 0.3) is 0 Å². The zero-order valence-electron chi connectivity index (χ0n) is 10.6. The second-order valence-corrected chi connectivity index (χ2v) is 5.18. The van der Waals surface area contributed by atoms with Gasteiger partial charge in [-0.1, -0.05) is 13.8 Å². The van der Waals surface area contributed by atoms with Crippen LogP contribution in [0, 0.1) is 0 Å². The molecule has 1 heterocycles. The van der Waals surface area contributed by atoms with Crippen LogP contribution < -0.4 is 0 Å². The molecule has 2 rings (SSSR count). The first-order valence-corrected chi connectivity index (χ1v) is 6.16. The van der Waals surface area contributed by atoms with Gasteiger partial charge >= 0.3 is 0 Å². The summed E-state index contributed by atoms with van der Waals surface area (Å²) in [5.74, 6) is 0.651. The molecule has 3 nitrogen and oxygen atoms in total. The number of hydrogen-bond acceptors (Lipinski definition) is 2. The number of aryl methyl sites for hydroxylation is 1. The van der Waals surface area contributed by atoms with Gasteiger partial charge in [-0.2, -0.15) is 5.10 Å². The quantitative estimate of drug-likeness (QED) is 0.767. The van der Waals surface area contributed by atoms with E-state index in [0.29, 0.717) is 18.4 Å². The normalized spacial score (nSPS) is 16.0. The second kappa shape index (κ2) is 4.04. The van der Waals surface area contributed by atoms with E-state index in [0.717, 1.165) is 29.8 Å². The van der Waals surface area contributed by atoms with Crippen LogP contribution in [0.2, 0.25) is 0 Å². The highest BCUT2D eigenvalue weighted by Gasteiger charge is 2.28. The summed E-state index contributed by atoms with van der Waals surface area (Å²) in [6, 6.07) is 0.329. The summed E-state index contributed by atoms with van der Waals surface area (Å²) in [5.41, 5.74) is 3.08. The molecule has 0 N–H and O–H groups in total. The van der Waals surface area contributed by atoms with E-state index in [9.17, 15) is 4.79 Å². The highest BCUT2D eigenvalue weighted by Crippen LogP contribution is 2.30. The molecular formula is C13H20N2O. The zero-order valence-corrected chi connectivity index (χ0v) is 10.6. The van der Waals surface area contributed by atoms with E-state index in [1.807, 2.05) is 4.68 Å². The van der Waals surface area contributed by atoms with Gasteiger partial charge in [0.2, 0.25) is 0 Å². The smallest absolute Gasteiger partial charge is 0.166 e. The molecule has 0 aliphatic heterocycles. The third kappa shape index (κ3) is 1.68. The van der Waals surface area contributed by atoms with Crippen LogP contribution in [0.5, 0.6) is 0 Å². The third-order valence-corrected chi connectivity index (χ3v) is 3.15. The van der Waals surface area contributed by atoms with E-state index < -0.39 is 0 Å². The number of nitrogens with zero attached hydrogens (tertiary/aromatic N) is 2. The van der Waals surface area contributed by atoms with Crippen LogP contribution in [-0.4, -0.2) is 15.6 Å². The molecule has 0 spiro atoms. The molecule has 1 aliphatic rings. The van der Waals surface area contributed by atoms with Crippen molar-refractivity contribution in [2.24, 2.45) is 0 Å². The standard InChI is InChI=1S/C13H20N2O/c1-8(2)13-12-10(6-5-7-11(12)16)14-15(13)9(3)4/h8-9H,5-7H2,1-4H3. The Morgan fingerprint density at radius 3 is 2.44 bits per heavy atom. The van der Waals surface area contributed by atoms with E-state index in [2.05, 4.69) is 32.8 Å². The summed E-state index contributed by atoms with van der Waals surface area (Å²) in [6.45, 7) is 8.51. The molecule has 88 valence electrons. The zero-order chi connectivity index (χ0) is 11.9. The predicted octanol–water partition coefficient (Wildman–Crippen LogP) is 3.11. The summed E-state index contributed by atoms with van der Waals surface area (Å²) >= 11 is 0. The molecule has 1 aromatic heterocycles. The summed E-state index contributed by atoms with van der Waals surface area (Å²) in [7, 11) is 0. The SMILES string of the molecule is CC(C)c1c2c(nn1C(C)C)CCCC2=O. The fourth-order valence-corrected chi connectivity index (χ4v) is 2.46. The number of Topliss-reactive ketones (excluding diaryl/α,β-unsaturated/α-hetero) is 1. The largest absolute Gasteiger partial charge is 0.294 e. The van der Waals surface area contributed by atoms with Gasteiger partial charge in [-0.25, -0.2) is 0 Å². The van der Waals surface area contributed by atoms with Crippen LogP contribution in [0.15, 0.2) is 0 Å². The molecule has 0 radical (unpaired) electrons. The number of carbonyl (C=O) groups is 1. The highest BCUT2D eigenvalue weighted by atomic mass is 16.1.